The summed E-state index contributed by atoms with van der Waals surface area (Å²) in [5.74, 6) is 0.844. The molecule has 0 bridgehead atoms. The maximum absolute atomic E-state index is 4.42. The van der Waals surface area contributed by atoms with E-state index in [4.69, 9.17) is 0 Å². The summed E-state index contributed by atoms with van der Waals surface area (Å²) in [6.07, 6.45) is 4.73. The lowest BCUT2D eigenvalue weighted by Crippen LogP contribution is -2.04. The molecule has 0 atom stereocenters. The number of nitrogens with zero attached hydrogens (tertiary/aromatic N) is 3. The molecule has 0 aliphatic carbocycles. The fraction of sp³-hybridized carbons (Fsp3) is 0.235. The van der Waals surface area contributed by atoms with Crippen LogP contribution >= 0.6 is 0 Å². The molecule has 0 radical (unpaired) electrons. The first-order valence-electron chi connectivity index (χ1n) is 7.21. The number of anilines is 1. The number of rotatable bonds is 4. The van der Waals surface area contributed by atoms with Crippen LogP contribution in [0.2, 0.25) is 0 Å². The number of hydrogen-bond donors (Lipinski definition) is 1. The monoisotopic (exact) mass is 278 g/mol. The van der Waals surface area contributed by atoms with Crippen molar-refractivity contribution in [3.05, 3.63) is 48.3 Å². The molecule has 4 nitrogen and oxygen atoms in total. The summed E-state index contributed by atoms with van der Waals surface area (Å²) >= 11 is 0. The molecular weight excluding hydrogens is 260 g/mol. The summed E-state index contributed by atoms with van der Waals surface area (Å²) in [5.41, 5.74) is 3.00. The van der Waals surface area contributed by atoms with Crippen molar-refractivity contribution in [1.29, 1.82) is 0 Å². The molecule has 3 aromatic rings. The van der Waals surface area contributed by atoms with E-state index in [1.165, 1.54) is 0 Å². The molecule has 0 fully saturated rings. The SMILES string of the molecule is CCCNc1nnc(-c2cncc(C)c2)c2ccccc12. The Bertz CT molecular complexity index is 768. The highest BCUT2D eigenvalue weighted by molar-refractivity contribution is 5.99. The third-order valence-corrected chi connectivity index (χ3v) is 3.38. The minimum Gasteiger partial charge on any atom is -0.368 e. The van der Waals surface area contributed by atoms with Crippen LogP contribution in [0.4, 0.5) is 5.82 Å². The van der Waals surface area contributed by atoms with E-state index in [9.17, 15) is 0 Å². The second-order valence-electron chi connectivity index (χ2n) is 5.12. The van der Waals surface area contributed by atoms with Crippen LogP contribution in [0.3, 0.4) is 0 Å². The lowest BCUT2D eigenvalue weighted by Gasteiger charge is -2.10. The maximum Gasteiger partial charge on any atom is 0.156 e. The second kappa shape index (κ2) is 5.87. The minimum absolute atomic E-state index is 0.844. The third kappa shape index (κ3) is 2.70. The van der Waals surface area contributed by atoms with E-state index in [-0.39, 0.29) is 0 Å². The average molecular weight is 278 g/mol. The van der Waals surface area contributed by atoms with Gasteiger partial charge >= 0.3 is 0 Å². The highest BCUT2D eigenvalue weighted by Crippen LogP contribution is 2.29. The van der Waals surface area contributed by atoms with Crippen LogP contribution in [-0.2, 0) is 0 Å². The fourth-order valence-electron chi connectivity index (χ4n) is 2.38. The summed E-state index contributed by atoms with van der Waals surface area (Å²) in [7, 11) is 0. The van der Waals surface area contributed by atoms with Gasteiger partial charge in [-0.05, 0) is 25.0 Å². The summed E-state index contributed by atoms with van der Waals surface area (Å²) in [6, 6.07) is 10.3. The van der Waals surface area contributed by atoms with Gasteiger partial charge in [-0.1, -0.05) is 31.2 Å². The Morgan fingerprint density at radius 2 is 1.86 bits per heavy atom. The van der Waals surface area contributed by atoms with E-state index in [1.807, 2.05) is 31.5 Å². The van der Waals surface area contributed by atoms with Gasteiger partial charge in [-0.2, -0.15) is 0 Å². The zero-order chi connectivity index (χ0) is 14.7. The molecule has 1 N–H and O–H groups in total. The summed E-state index contributed by atoms with van der Waals surface area (Å²) in [6.45, 7) is 5.06. The van der Waals surface area contributed by atoms with Crippen LogP contribution in [0.1, 0.15) is 18.9 Å². The van der Waals surface area contributed by atoms with Crippen molar-refractivity contribution in [3.63, 3.8) is 0 Å². The first-order chi connectivity index (χ1) is 10.3. The summed E-state index contributed by atoms with van der Waals surface area (Å²) in [4.78, 5) is 4.26. The number of hydrogen-bond acceptors (Lipinski definition) is 4. The van der Waals surface area contributed by atoms with Gasteiger partial charge in [0.1, 0.15) is 5.69 Å². The molecule has 0 unspecified atom stereocenters. The Labute approximate surface area is 124 Å². The van der Waals surface area contributed by atoms with Crippen LogP contribution in [0, 0.1) is 6.92 Å². The van der Waals surface area contributed by atoms with Crippen molar-refractivity contribution in [3.8, 4) is 11.3 Å². The Balaban J connectivity index is 2.17. The lowest BCUT2D eigenvalue weighted by atomic mass is 10.1. The lowest BCUT2D eigenvalue weighted by molar-refractivity contribution is 0.952. The molecule has 2 aromatic heterocycles. The van der Waals surface area contributed by atoms with Crippen molar-refractivity contribution < 1.29 is 0 Å². The van der Waals surface area contributed by atoms with Gasteiger partial charge in [-0.15, -0.1) is 10.2 Å². The highest BCUT2D eigenvalue weighted by Gasteiger charge is 2.10. The molecule has 1 aromatic carbocycles. The van der Waals surface area contributed by atoms with Gasteiger partial charge in [0, 0.05) is 35.3 Å². The van der Waals surface area contributed by atoms with Crippen molar-refractivity contribution in [1.82, 2.24) is 15.2 Å². The fourth-order valence-corrected chi connectivity index (χ4v) is 2.38. The predicted octanol–water partition coefficient (Wildman–Crippen LogP) is 3.82. The highest BCUT2D eigenvalue weighted by atomic mass is 15.2. The molecule has 0 spiro atoms. The molecular formula is C17H18N4. The number of aryl methyl sites for hydroxylation is 1. The minimum atomic E-state index is 0.844. The maximum atomic E-state index is 4.42. The van der Waals surface area contributed by atoms with Gasteiger partial charge in [0.2, 0.25) is 0 Å². The summed E-state index contributed by atoms with van der Waals surface area (Å²) in [5, 5.41) is 14.3. The molecule has 2 heterocycles. The third-order valence-electron chi connectivity index (χ3n) is 3.38. The molecule has 0 saturated carbocycles. The normalized spacial score (nSPS) is 10.8. The molecule has 0 aliphatic heterocycles. The van der Waals surface area contributed by atoms with Gasteiger partial charge in [0.15, 0.2) is 5.82 Å². The largest absolute Gasteiger partial charge is 0.368 e. The number of pyridine rings is 1. The average Bonchev–Trinajstić information content (AvgIpc) is 2.52. The van der Waals surface area contributed by atoms with E-state index in [2.05, 4.69) is 45.6 Å². The molecule has 106 valence electrons. The van der Waals surface area contributed by atoms with Crippen molar-refractivity contribution in [2.24, 2.45) is 0 Å². The predicted molar refractivity (Wildman–Crippen MR) is 86.3 cm³/mol. The Morgan fingerprint density at radius 3 is 2.62 bits per heavy atom. The zero-order valence-corrected chi connectivity index (χ0v) is 12.3. The van der Waals surface area contributed by atoms with Gasteiger partial charge < -0.3 is 5.32 Å². The quantitative estimate of drug-likeness (QED) is 0.788. The number of benzene rings is 1. The van der Waals surface area contributed by atoms with Crippen molar-refractivity contribution >= 4 is 16.6 Å². The van der Waals surface area contributed by atoms with Gasteiger partial charge in [-0.3, -0.25) is 4.98 Å². The number of fused-ring (bicyclic) bond motifs is 1. The topological polar surface area (TPSA) is 50.7 Å². The molecule has 0 saturated heterocycles. The van der Waals surface area contributed by atoms with Crippen LogP contribution in [0.15, 0.2) is 42.7 Å². The molecule has 21 heavy (non-hydrogen) atoms. The van der Waals surface area contributed by atoms with Crippen LogP contribution in [-0.4, -0.2) is 21.7 Å². The second-order valence-corrected chi connectivity index (χ2v) is 5.12. The number of nitrogens with one attached hydrogen (secondary N) is 1. The standard InChI is InChI=1S/C17H18N4/c1-3-8-19-17-15-7-5-4-6-14(15)16(20-21-17)13-9-12(2)10-18-11-13/h4-7,9-11H,3,8H2,1-2H3,(H,19,21). The van der Waals surface area contributed by atoms with Crippen molar-refractivity contribution in [2.45, 2.75) is 20.3 Å². The Morgan fingerprint density at radius 1 is 1.05 bits per heavy atom. The van der Waals surface area contributed by atoms with Crippen LogP contribution in [0.25, 0.3) is 22.0 Å². The Hall–Kier alpha value is -2.49. The van der Waals surface area contributed by atoms with E-state index in [1.54, 1.807) is 0 Å². The summed E-state index contributed by atoms with van der Waals surface area (Å²) < 4.78 is 0. The Kier molecular flexibility index (Phi) is 3.77. The van der Waals surface area contributed by atoms with E-state index >= 15 is 0 Å². The molecule has 3 rings (SSSR count). The molecule has 0 amide bonds. The van der Waals surface area contributed by atoms with Gasteiger partial charge in [-0.25, -0.2) is 0 Å². The molecule has 0 aliphatic rings. The van der Waals surface area contributed by atoms with Crippen LogP contribution < -0.4 is 5.32 Å². The molecule has 4 heteroatoms. The van der Waals surface area contributed by atoms with Crippen molar-refractivity contribution in [2.75, 3.05) is 11.9 Å². The van der Waals surface area contributed by atoms with Gasteiger partial charge in [0.25, 0.3) is 0 Å². The van der Waals surface area contributed by atoms with E-state index in [0.29, 0.717) is 0 Å². The first-order valence-corrected chi connectivity index (χ1v) is 7.21. The van der Waals surface area contributed by atoms with Gasteiger partial charge in [0.05, 0.1) is 0 Å². The van der Waals surface area contributed by atoms with E-state index < -0.39 is 0 Å². The van der Waals surface area contributed by atoms with Crippen LogP contribution in [0.5, 0.6) is 0 Å². The first kappa shape index (κ1) is 13.5. The smallest absolute Gasteiger partial charge is 0.156 e. The zero-order valence-electron chi connectivity index (χ0n) is 12.3. The number of aromatic nitrogens is 3. The van der Waals surface area contributed by atoms with E-state index in [0.717, 1.165) is 46.4 Å².